The molecular weight excluding hydrogens is 492 g/mol. The summed E-state index contributed by atoms with van der Waals surface area (Å²) in [7, 11) is 0. The Morgan fingerprint density at radius 2 is 1.27 bits per heavy atom. The van der Waals surface area contributed by atoms with Crippen molar-refractivity contribution in [3.05, 3.63) is 0 Å². The van der Waals surface area contributed by atoms with Crippen LogP contribution in [0.5, 0.6) is 0 Å². The van der Waals surface area contributed by atoms with Gasteiger partial charge in [-0.25, -0.2) is 0 Å². The lowest BCUT2D eigenvalue weighted by atomic mass is 9.98. The highest BCUT2D eigenvalue weighted by Crippen LogP contribution is 2.25. The van der Waals surface area contributed by atoms with Crippen molar-refractivity contribution in [3.63, 3.8) is 0 Å². The van der Waals surface area contributed by atoms with Crippen LogP contribution in [0.25, 0.3) is 0 Å². The predicted molar refractivity (Wildman–Crippen MR) is 132 cm³/mol. The van der Waals surface area contributed by atoms with Gasteiger partial charge in [0.25, 0.3) is 0 Å². The second-order valence-electron chi connectivity index (χ2n) is 9.68. The zero-order chi connectivity index (χ0) is 27.6. The van der Waals surface area contributed by atoms with E-state index in [1.807, 2.05) is 0 Å². The van der Waals surface area contributed by atoms with E-state index in [1.165, 1.54) is 44.9 Å². The smallest absolute Gasteiger partial charge is 0.187 e. The maximum atomic E-state index is 10.2. The molecule has 8 N–H and O–H groups in total. The molecule has 0 amide bonds. The monoisotopic (exact) mass is 542 g/mol. The molecule has 1 aliphatic heterocycles. The van der Waals surface area contributed by atoms with Crippen molar-refractivity contribution in [2.45, 2.75) is 126 Å². The fraction of sp³-hybridized carbons (Fsp3) is 1.00. The summed E-state index contributed by atoms with van der Waals surface area (Å²) in [5.41, 5.74) is 0. The topological polar surface area (TPSA) is 199 Å². The third-order valence-electron chi connectivity index (χ3n) is 6.53. The van der Waals surface area contributed by atoms with Crippen molar-refractivity contribution in [1.29, 1.82) is 0 Å². The predicted octanol–water partition coefficient (Wildman–Crippen LogP) is -0.842. The van der Waals surface area contributed by atoms with E-state index in [2.05, 4.69) is 6.92 Å². The lowest BCUT2D eigenvalue weighted by Crippen LogP contribution is -2.61. The molecule has 0 bridgehead atoms. The molecule has 1 heterocycles. The second kappa shape index (κ2) is 20.4. The van der Waals surface area contributed by atoms with E-state index in [9.17, 15) is 35.7 Å². The molecule has 0 spiro atoms. The molecule has 1 saturated heterocycles. The SMILES string of the molecule is CCCCCCCCCCCCOCOC[C@H]1O[C@@H](O[C@@H]([C@H](O)[C@@H](O)CO)[C@H](O)CO)[C@H](O)[C@@H](O)[C@H]1O. The summed E-state index contributed by atoms with van der Waals surface area (Å²) in [6.45, 7) is 0.732. The van der Waals surface area contributed by atoms with Gasteiger partial charge in [-0.1, -0.05) is 64.7 Å². The zero-order valence-corrected chi connectivity index (χ0v) is 22.0. The van der Waals surface area contributed by atoms with Crippen LogP contribution in [-0.2, 0) is 18.9 Å². The minimum Gasteiger partial charge on any atom is -0.394 e. The fourth-order valence-electron chi connectivity index (χ4n) is 4.12. The van der Waals surface area contributed by atoms with E-state index in [4.69, 9.17) is 24.1 Å². The van der Waals surface area contributed by atoms with E-state index in [1.54, 1.807) is 0 Å². The van der Waals surface area contributed by atoms with Crippen LogP contribution in [0, 0.1) is 0 Å². The van der Waals surface area contributed by atoms with Gasteiger partial charge in [0.15, 0.2) is 6.29 Å². The quantitative estimate of drug-likeness (QED) is 0.0624. The lowest BCUT2D eigenvalue weighted by molar-refractivity contribution is -0.330. The normalized spacial score (nSPS) is 27.6. The Kier molecular flexibility index (Phi) is 19.1. The molecule has 12 nitrogen and oxygen atoms in total. The van der Waals surface area contributed by atoms with Gasteiger partial charge < -0.3 is 59.8 Å². The van der Waals surface area contributed by atoms with E-state index in [0.29, 0.717) is 6.61 Å². The third-order valence-corrected chi connectivity index (χ3v) is 6.53. The summed E-state index contributed by atoms with van der Waals surface area (Å²) in [5.74, 6) is 0. The van der Waals surface area contributed by atoms with Crippen molar-refractivity contribution in [2.75, 3.05) is 33.2 Å². The minimum absolute atomic E-state index is 0.0680. The Labute approximate surface area is 219 Å². The molecule has 1 fully saturated rings. The van der Waals surface area contributed by atoms with E-state index >= 15 is 0 Å². The van der Waals surface area contributed by atoms with Crippen molar-refractivity contribution in [1.82, 2.24) is 0 Å². The highest BCUT2D eigenvalue weighted by molar-refractivity contribution is 4.91. The highest BCUT2D eigenvalue weighted by Gasteiger charge is 2.47. The van der Waals surface area contributed by atoms with Crippen LogP contribution in [0.2, 0.25) is 0 Å². The number of hydrogen-bond donors (Lipinski definition) is 8. The van der Waals surface area contributed by atoms with Crippen LogP contribution < -0.4 is 0 Å². The van der Waals surface area contributed by atoms with Crippen LogP contribution in [0.15, 0.2) is 0 Å². The number of rotatable bonds is 22. The molecule has 1 aliphatic rings. The largest absolute Gasteiger partial charge is 0.394 e. The Bertz CT molecular complexity index is 542. The Balaban J connectivity index is 2.35. The molecule has 9 atom stereocenters. The van der Waals surface area contributed by atoms with Crippen LogP contribution in [0.4, 0.5) is 0 Å². The number of hydrogen-bond acceptors (Lipinski definition) is 12. The van der Waals surface area contributed by atoms with Crippen LogP contribution >= 0.6 is 0 Å². The van der Waals surface area contributed by atoms with Crippen LogP contribution in [-0.4, -0.2) is 129 Å². The Morgan fingerprint density at radius 3 is 1.84 bits per heavy atom. The molecule has 222 valence electrons. The Hall–Kier alpha value is -0.480. The van der Waals surface area contributed by atoms with Gasteiger partial charge in [-0.15, -0.1) is 0 Å². The summed E-state index contributed by atoms with van der Waals surface area (Å²) < 4.78 is 21.6. The molecule has 0 saturated carbocycles. The highest BCUT2D eigenvalue weighted by atomic mass is 16.7. The maximum absolute atomic E-state index is 10.2. The Morgan fingerprint density at radius 1 is 0.703 bits per heavy atom. The maximum Gasteiger partial charge on any atom is 0.187 e. The molecule has 0 aromatic carbocycles. The van der Waals surface area contributed by atoms with Gasteiger partial charge in [0, 0.05) is 6.61 Å². The van der Waals surface area contributed by atoms with Crippen LogP contribution in [0.1, 0.15) is 71.1 Å². The first kappa shape index (κ1) is 34.5. The zero-order valence-electron chi connectivity index (χ0n) is 22.0. The van der Waals surface area contributed by atoms with Gasteiger partial charge >= 0.3 is 0 Å². The summed E-state index contributed by atoms with van der Waals surface area (Å²) >= 11 is 0. The molecule has 0 aliphatic carbocycles. The lowest BCUT2D eigenvalue weighted by Gasteiger charge is -2.42. The molecule has 12 heteroatoms. The molecular formula is C25H50O12. The molecule has 0 aromatic rings. The fourth-order valence-corrected chi connectivity index (χ4v) is 4.12. The van der Waals surface area contributed by atoms with E-state index in [-0.39, 0.29) is 13.4 Å². The number of ether oxygens (including phenoxy) is 4. The molecule has 0 radical (unpaired) electrons. The third kappa shape index (κ3) is 12.9. The summed E-state index contributed by atoms with van der Waals surface area (Å²) in [6.07, 6.45) is -2.59. The van der Waals surface area contributed by atoms with Gasteiger partial charge in [0.2, 0.25) is 0 Å². The number of unbranched alkanes of at least 4 members (excludes halogenated alkanes) is 9. The minimum atomic E-state index is -1.85. The molecule has 0 aromatic heterocycles. The first-order valence-electron chi connectivity index (χ1n) is 13.5. The average molecular weight is 543 g/mol. The average Bonchev–Trinajstić information content (AvgIpc) is 2.91. The number of aliphatic hydroxyl groups is 8. The van der Waals surface area contributed by atoms with Crippen LogP contribution in [0.3, 0.4) is 0 Å². The van der Waals surface area contributed by atoms with Gasteiger partial charge in [-0.05, 0) is 6.42 Å². The van der Waals surface area contributed by atoms with Gasteiger partial charge in [-0.3, -0.25) is 0 Å². The molecule has 1 rings (SSSR count). The standard InChI is InChI=1S/C25H50O12/c1-2-3-4-5-6-7-8-9-10-11-12-34-16-35-15-19-21(31)22(32)23(33)25(36-19)37-24(18(29)14-27)20(30)17(28)13-26/h17-33H,2-16H2,1H3/t17-,18+,19+,20+,21-,22-,23+,24+,25-/m0/s1. The summed E-state index contributed by atoms with van der Waals surface area (Å²) in [6, 6.07) is 0. The van der Waals surface area contributed by atoms with Gasteiger partial charge in [0.05, 0.1) is 19.8 Å². The van der Waals surface area contributed by atoms with Gasteiger partial charge in [0.1, 0.15) is 55.6 Å². The van der Waals surface area contributed by atoms with E-state index in [0.717, 1.165) is 19.3 Å². The molecule has 0 unspecified atom stereocenters. The van der Waals surface area contributed by atoms with Crippen molar-refractivity contribution in [2.24, 2.45) is 0 Å². The summed E-state index contributed by atoms with van der Waals surface area (Å²) in [5, 5.41) is 78.7. The first-order chi connectivity index (χ1) is 17.8. The van der Waals surface area contributed by atoms with Crippen molar-refractivity contribution in [3.8, 4) is 0 Å². The number of aliphatic hydroxyl groups excluding tert-OH is 8. The van der Waals surface area contributed by atoms with Crippen molar-refractivity contribution < 1.29 is 59.8 Å². The van der Waals surface area contributed by atoms with Gasteiger partial charge in [-0.2, -0.15) is 0 Å². The first-order valence-corrected chi connectivity index (χ1v) is 13.5. The van der Waals surface area contributed by atoms with E-state index < -0.39 is 68.3 Å². The second-order valence-corrected chi connectivity index (χ2v) is 9.68. The molecule has 37 heavy (non-hydrogen) atoms. The summed E-state index contributed by atoms with van der Waals surface area (Å²) in [4.78, 5) is 0. The van der Waals surface area contributed by atoms with Crippen molar-refractivity contribution >= 4 is 0 Å².